The van der Waals surface area contributed by atoms with E-state index in [2.05, 4.69) is 0 Å². The molecule has 0 aromatic heterocycles. The van der Waals surface area contributed by atoms with Crippen LogP contribution in [0.15, 0.2) is 0 Å². The summed E-state index contributed by atoms with van der Waals surface area (Å²) < 4.78 is 0. The van der Waals surface area contributed by atoms with Gasteiger partial charge in [0.25, 0.3) is 0 Å². The van der Waals surface area contributed by atoms with Crippen molar-refractivity contribution in [3.05, 3.63) is 0 Å². The summed E-state index contributed by atoms with van der Waals surface area (Å²) in [5.74, 6) is -0.912. The molecule has 1 fully saturated rings. The van der Waals surface area contributed by atoms with Crippen molar-refractivity contribution in [2.24, 2.45) is 0 Å². The van der Waals surface area contributed by atoms with E-state index >= 15 is 0 Å². The Morgan fingerprint density at radius 1 is 1.69 bits per heavy atom. The topological polar surface area (TPSA) is 60.8 Å². The van der Waals surface area contributed by atoms with Gasteiger partial charge in [0.15, 0.2) is 0 Å². The second-order valence-corrected chi connectivity index (χ2v) is 3.63. The second-order valence-electron chi connectivity index (χ2n) is 3.63. The van der Waals surface area contributed by atoms with Crippen LogP contribution in [0.4, 0.5) is 0 Å². The number of aliphatic hydroxyl groups is 1. The second kappa shape index (κ2) is 4.07. The largest absolute Gasteiger partial charge is 0.480 e. The zero-order valence-electron chi connectivity index (χ0n) is 8.10. The van der Waals surface area contributed by atoms with E-state index in [0.717, 1.165) is 6.42 Å². The fourth-order valence-electron chi connectivity index (χ4n) is 1.83. The first-order valence-corrected chi connectivity index (χ1v) is 4.74. The molecule has 4 nitrogen and oxygen atoms in total. The lowest BCUT2D eigenvalue weighted by atomic mass is 10.1. The van der Waals surface area contributed by atoms with Gasteiger partial charge in [0.1, 0.15) is 6.04 Å². The monoisotopic (exact) mass is 187 g/mol. The first-order valence-electron chi connectivity index (χ1n) is 4.74. The number of carboxylic acids is 1. The maximum Gasteiger partial charge on any atom is 0.323 e. The molecule has 0 radical (unpaired) electrons. The van der Waals surface area contributed by atoms with E-state index in [0.29, 0.717) is 13.0 Å². The molecule has 0 bridgehead atoms. The molecule has 1 aliphatic heterocycles. The van der Waals surface area contributed by atoms with E-state index in [9.17, 15) is 9.90 Å². The lowest BCUT2D eigenvalue weighted by Crippen LogP contribution is -2.45. The number of carbonyl (C=O) groups is 1. The minimum atomic E-state index is -0.912. The first kappa shape index (κ1) is 10.5. The Balaban J connectivity index is 2.69. The number of aliphatic carboxylic acids is 1. The number of hydrogen-bond acceptors (Lipinski definition) is 3. The van der Waals surface area contributed by atoms with E-state index in [1.165, 1.54) is 0 Å². The lowest BCUT2D eigenvalue weighted by Gasteiger charge is -2.27. The summed E-state index contributed by atoms with van der Waals surface area (Å²) in [6.07, 6.45) is 0.782. The van der Waals surface area contributed by atoms with Gasteiger partial charge in [0.05, 0.1) is 6.10 Å². The third-order valence-electron chi connectivity index (χ3n) is 2.81. The van der Waals surface area contributed by atoms with Crippen LogP contribution in [0.5, 0.6) is 0 Å². The molecule has 0 aliphatic carbocycles. The van der Waals surface area contributed by atoms with Crippen LogP contribution in [0, 0.1) is 0 Å². The van der Waals surface area contributed by atoms with Gasteiger partial charge in [-0.1, -0.05) is 6.92 Å². The highest BCUT2D eigenvalue weighted by Gasteiger charge is 2.39. The molecule has 0 amide bonds. The normalized spacial score (nSPS) is 31.9. The zero-order chi connectivity index (χ0) is 10.0. The molecule has 3 atom stereocenters. The van der Waals surface area contributed by atoms with Gasteiger partial charge in [0, 0.05) is 12.6 Å². The molecule has 1 rings (SSSR count). The van der Waals surface area contributed by atoms with Crippen LogP contribution in [0.2, 0.25) is 0 Å². The molecule has 1 saturated heterocycles. The number of likely N-dealkylation sites (tertiary alicyclic amines) is 1. The van der Waals surface area contributed by atoms with Gasteiger partial charge in [0.2, 0.25) is 0 Å². The Kier molecular flexibility index (Phi) is 3.27. The van der Waals surface area contributed by atoms with Gasteiger partial charge in [-0.2, -0.15) is 0 Å². The van der Waals surface area contributed by atoms with Gasteiger partial charge in [-0.15, -0.1) is 0 Å². The average molecular weight is 187 g/mol. The van der Waals surface area contributed by atoms with Crippen molar-refractivity contribution in [1.29, 1.82) is 0 Å². The van der Waals surface area contributed by atoms with Crippen molar-refractivity contribution in [3.63, 3.8) is 0 Å². The molecule has 1 aliphatic rings. The molecule has 0 aromatic rings. The molecule has 3 unspecified atom stereocenters. The molecular weight excluding hydrogens is 170 g/mol. The number of hydrogen-bond donors (Lipinski definition) is 2. The average Bonchev–Trinajstić information content (AvgIpc) is 2.45. The minimum Gasteiger partial charge on any atom is -0.480 e. The summed E-state index contributed by atoms with van der Waals surface area (Å²) in [6, 6.07) is -0.465. The highest BCUT2D eigenvalue weighted by Crippen LogP contribution is 2.21. The van der Waals surface area contributed by atoms with E-state index in [1.807, 2.05) is 18.7 Å². The summed E-state index contributed by atoms with van der Waals surface area (Å²) in [5, 5.41) is 18.3. The maximum absolute atomic E-state index is 10.8. The molecule has 0 spiro atoms. The summed E-state index contributed by atoms with van der Waals surface area (Å²) in [6.45, 7) is 4.70. The van der Waals surface area contributed by atoms with Crippen molar-refractivity contribution in [1.82, 2.24) is 4.90 Å². The van der Waals surface area contributed by atoms with E-state index < -0.39 is 18.1 Å². The molecule has 0 saturated carbocycles. The van der Waals surface area contributed by atoms with Crippen LogP contribution >= 0.6 is 0 Å². The summed E-state index contributed by atoms with van der Waals surface area (Å²) >= 11 is 0. The zero-order valence-corrected chi connectivity index (χ0v) is 8.10. The molecule has 2 N–H and O–H groups in total. The molecular formula is C9H17NO3. The van der Waals surface area contributed by atoms with Crippen LogP contribution in [0.3, 0.4) is 0 Å². The number of carboxylic acid groups (broad SMARTS) is 1. The predicted molar refractivity (Wildman–Crippen MR) is 48.5 cm³/mol. The molecule has 0 aromatic carbocycles. The SMILES string of the molecule is CCC(C)N1CCC(O)C1C(=O)O. The van der Waals surface area contributed by atoms with Crippen LogP contribution in [-0.2, 0) is 4.79 Å². The lowest BCUT2D eigenvalue weighted by molar-refractivity contribution is -0.145. The third kappa shape index (κ3) is 2.00. The van der Waals surface area contributed by atoms with Gasteiger partial charge < -0.3 is 10.2 Å². The standard InChI is InChI=1S/C9H17NO3/c1-3-6(2)10-5-4-7(11)8(10)9(12)13/h6-8,11H,3-5H2,1-2H3,(H,12,13). The Labute approximate surface area is 78.2 Å². The number of rotatable bonds is 3. The highest BCUT2D eigenvalue weighted by atomic mass is 16.4. The number of nitrogens with zero attached hydrogens (tertiary/aromatic N) is 1. The van der Waals surface area contributed by atoms with Crippen LogP contribution in [-0.4, -0.2) is 45.8 Å². The van der Waals surface area contributed by atoms with Crippen molar-refractivity contribution in [2.75, 3.05) is 6.54 Å². The third-order valence-corrected chi connectivity index (χ3v) is 2.81. The van der Waals surface area contributed by atoms with Crippen molar-refractivity contribution in [2.45, 2.75) is 44.9 Å². The molecule has 4 heteroatoms. The Morgan fingerprint density at radius 3 is 2.77 bits per heavy atom. The van der Waals surface area contributed by atoms with Gasteiger partial charge >= 0.3 is 5.97 Å². The van der Waals surface area contributed by atoms with E-state index in [1.54, 1.807) is 0 Å². The summed E-state index contributed by atoms with van der Waals surface area (Å²) in [7, 11) is 0. The van der Waals surface area contributed by atoms with Crippen LogP contribution in [0.25, 0.3) is 0 Å². The minimum absolute atomic E-state index is 0.234. The quantitative estimate of drug-likeness (QED) is 0.667. The molecule has 76 valence electrons. The van der Waals surface area contributed by atoms with E-state index in [4.69, 9.17) is 5.11 Å². The Hall–Kier alpha value is -0.610. The molecule has 1 heterocycles. The van der Waals surface area contributed by atoms with Crippen molar-refractivity contribution < 1.29 is 15.0 Å². The maximum atomic E-state index is 10.8. The smallest absolute Gasteiger partial charge is 0.323 e. The predicted octanol–water partition coefficient (Wildman–Crippen LogP) is 0.305. The van der Waals surface area contributed by atoms with Crippen molar-refractivity contribution in [3.8, 4) is 0 Å². The van der Waals surface area contributed by atoms with E-state index in [-0.39, 0.29) is 6.04 Å². The van der Waals surface area contributed by atoms with Crippen LogP contribution < -0.4 is 0 Å². The summed E-state index contributed by atoms with van der Waals surface area (Å²) in [5.41, 5.74) is 0. The van der Waals surface area contributed by atoms with Gasteiger partial charge in [-0.05, 0) is 19.8 Å². The Morgan fingerprint density at radius 2 is 2.31 bits per heavy atom. The Bertz CT molecular complexity index is 195. The highest BCUT2D eigenvalue weighted by molar-refractivity contribution is 5.74. The fourth-order valence-corrected chi connectivity index (χ4v) is 1.83. The fraction of sp³-hybridized carbons (Fsp3) is 0.889. The van der Waals surface area contributed by atoms with Crippen LogP contribution in [0.1, 0.15) is 26.7 Å². The van der Waals surface area contributed by atoms with Crippen molar-refractivity contribution >= 4 is 5.97 Å². The number of aliphatic hydroxyl groups excluding tert-OH is 1. The first-order chi connectivity index (χ1) is 6.07. The van der Waals surface area contributed by atoms with Gasteiger partial charge in [-0.3, -0.25) is 9.69 Å². The summed E-state index contributed by atoms with van der Waals surface area (Å²) in [4.78, 5) is 12.7. The molecule has 13 heavy (non-hydrogen) atoms. The van der Waals surface area contributed by atoms with Gasteiger partial charge in [-0.25, -0.2) is 0 Å².